The van der Waals surface area contributed by atoms with Crippen molar-refractivity contribution >= 4 is 22.7 Å². The molecule has 2 heterocycles. The fourth-order valence-corrected chi connectivity index (χ4v) is 1.86. The Morgan fingerprint density at radius 1 is 1.21 bits per heavy atom. The van der Waals surface area contributed by atoms with E-state index in [2.05, 4.69) is 20.3 Å². The maximum atomic E-state index is 9.63. The second-order valence-electron chi connectivity index (χ2n) is 4.18. The van der Waals surface area contributed by atoms with E-state index in [0.717, 1.165) is 16.9 Å². The molecule has 6 heteroatoms. The Hall–Kier alpha value is -2.76. The molecule has 19 heavy (non-hydrogen) atoms. The van der Waals surface area contributed by atoms with Gasteiger partial charge in [0.2, 0.25) is 0 Å². The summed E-state index contributed by atoms with van der Waals surface area (Å²) in [4.78, 5) is 11.9. The van der Waals surface area contributed by atoms with E-state index in [1.807, 2.05) is 12.1 Å². The van der Waals surface area contributed by atoms with Crippen molar-refractivity contribution in [1.82, 2.24) is 15.0 Å². The van der Waals surface area contributed by atoms with Crippen molar-refractivity contribution in [2.45, 2.75) is 0 Å². The highest BCUT2D eigenvalue weighted by atomic mass is 16.3. The number of rotatable bonds is 2. The average molecular weight is 255 g/mol. The van der Waals surface area contributed by atoms with Gasteiger partial charge in [0.05, 0.1) is 11.2 Å². The van der Waals surface area contributed by atoms with Crippen LogP contribution in [-0.2, 0) is 0 Å². The molecule has 0 spiro atoms. The fraction of sp³-hybridized carbons (Fsp3) is 0.0769. The van der Waals surface area contributed by atoms with E-state index in [0.29, 0.717) is 17.2 Å². The zero-order valence-electron chi connectivity index (χ0n) is 10.3. The normalized spacial score (nSPS) is 10.8. The van der Waals surface area contributed by atoms with Crippen LogP contribution >= 0.6 is 0 Å². The highest BCUT2D eigenvalue weighted by Gasteiger charge is 2.08. The SMILES string of the molecule is CNc1ccc2[nH]c(-c3ccc(N)c(O)c3)nc2n1. The van der Waals surface area contributed by atoms with Crippen molar-refractivity contribution in [3.8, 4) is 17.1 Å². The largest absolute Gasteiger partial charge is 0.506 e. The zero-order chi connectivity index (χ0) is 13.4. The number of anilines is 2. The van der Waals surface area contributed by atoms with Crippen LogP contribution in [-0.4, -0.2) is 27.1 Å². The molecule has 96 valence electrons. The number of H-pyrrole nitrogens is 1. The van der Waals surface area contributed by atoms with Crippen molar-refractivity contribution in [2.75, 3.05) is 18.1 Å². The first-order chi connectivity index (χ1) is 9.17. The van der Waals surface area contributed by atoms with Crippen molar-refractivity contribution in [1.29, 1.82) is 0 Å². The summed E-state index contributed by atoms with van der Waals surface area (Å²) >= 11 is 0. The molecular weight excluding hydrogens is 242 g/mol. The minimum atomic E-state index is 0.0434. The highest BCUT2D eigenvalue weighted by Crippen LogP contribution is 2.27. The molecule has 0 aliphatic rings. The molecule has 0 saturated carbocycles. The molecule has 0 aliphatic carbocycles. The summed E-state index contributed by atoms with van der Waals surface area (Å²) in [5, 5.41) is 12.6. The van der Waals surface area contributed by atoms with Crippen LogP contribution in [0.25, 0.3) is 22.6 Å². The van der Waals surface area contributed by atoms with Crippen LogP contribution in [0.15, 0.2) is 30.3 Å². The maximum Gasteiger partial charge on any atom is 0.180 e. The summed E-state index contributed by atoms with van der Waals surface area (Å²) in [6, 6.07) is 8.79. The van der Waals surface area contributed by atoms with E-state index in [1.165, 1.54) is 0 Å². The predicted molar refractivity (Wildman–Crippen MR) is 74.9 cm³/mol. The molecule has 0 atom stereocenters. The first-order valence-corrected chi connectivity index (χ1v) is 5.81. The number of aromatic amines is 1. The third kappa shape index (κ3) is 1.93. The van der Waals surface area contributed by atoms with Gasteiger partial charge in [0.25, 0.3) is 0 Å². The van der Waals surface area contributed by atoms with E-state index in [-0.39, 0.29) is 5.75 Å². The zero-order valence-corrected chi connectivity index (χ0v) is 10.3. The van der Waals surface area contributed by atoms with Crippen LogP contribution < -0.4 is 11.1 Å². The van der Waals surface area contributed by atoms with Gasteiger partial charge in [-0.3, -0.25) is 0 Å². The van der Waals surface area contributed by atoms with Gasteiger partial charge in [0.15, 0.2) is 5.65 Å². The molecule has 0 fully saturated rings. The van der Waals surface area contributed by atoms with Crippen LogP contribution in [0.5, 0.6) is 5.75 Å². The standard InChI is InChI=1S/C13H13N5O/c1-15-11-5-4-9-13(17-11)18-12(16-9)7-2-3-8(14)10(19)6-7/h2-6,19H,14H2,1H3,(H2,15,16,17,18). The van der Waals surface area contributed by atoms with Crippen molar-refractivity contribution in [2.24, 2.45) is 0 Å². The van der Waals surface area contributed by atoms with Gasteiger partial charge in [-0.1, -0.05) is 0 Å². The lowest BCUT2D eigenvalue weighted by Crippen LogP contribution is -1.91. The molecule has 0 amide bonds. The first kappa shape index (κ1) is 11.3. The van der Waals surface area contributed by atoms with Crippen LogP contribution in [0, 0.1) is 0 Å². The van der Waals surface area contributed by atoms with Gasteiger partial charge in [-0.05, 0) is 30.3 Å². The Balaban J connectivity index is 2.11. The Labute approximate surface area is 109 Å². The van der Waals surface area contributed by atoms with E-state index in [9.17, 15) is 5.11 Å². The molecule has 3 rings (SSSR count). The van der Waals surface area contributed by atoms with Crippen LogP contribution in [0.4, 0.5) is 11.5 Å². The predicted octanol–water partition coefficient (Wildman–Crippen LogP) is 1.95. The van der Waals surface area contributed by atoms with Crippen molar-refractivity contribution < 1.29 is 5.11 Å². The van der Waals surface area contributed by atoms with E-state index in [1.54, 1.807) is 25.2 Å². The van der Waals surface area contributed by atoms with Crippen LogP contribution in [0.1, 0.15) is 0 Å². The summed E-state index contributed by atoms with van der Waals surface area (Å²) in [6.07, 6.45) is 0. The van der Waals surface area contributed by atoms with Gasteiger partial charge >= 0.3 is 0 Å². The molecule has 1 aromatic carbocycles. The summed E-state index contributed by atoms with van der Waals surface area (Å²) < 4.78 is 0. The molecule has 0 radical (unpaired) electrons. The number of aromatic nitrogens is 3. The smallest absolute Gasteiger partial charge is 0.180 e. The summed E-state index contributed by atoms with van der Waals surface area (Å²) in [5.41, 5.74) is 8.14. The number of phenols is 1. The number of fused-ring (bicyclic) bond motifs is 1. The second-order valence-corrected chi connectivity index (χ2v) is 4.18. The Morgan fingerprint density at radius 2 is 2.05 bits per heavy atom. The average Bonchev–Trinajstić information content (AvgIpc) is 2.84. The molecule has 3 aromatic rings. The number of benzene rings is 1. The van der Waals surface area contributed by atoms with Crippen molar-refractivity contribution in [3.05, 3.63) is 30.3 Å². The number of nitrogen functional groups attached to an aromatic ring is 1. The number of hydrogen-bond acceptors (Lipinski definition) is 5. The number of pyridine rings is 1. The molecule has 2 aromatic heterocycles. The Bertz CT molecular complexity index is 750. The van der Waals surface area contributed by atoms with Gasteiger partial charge in [0.1, 0.15) is 17.4 Å². The number of nitrogens with two attached hydrogens (primary N) is 1. The summed E-state index contributed by atoms with van der Waals surface area (Å²) in [7, 11) is 1.81. The van der Waals surface area contributed by atoms with Gasteiger partial charge in [-0.25, -0.2) is 9.97 Å². The van der Waals surface area contributed by atoms with E-state index in [4.69, 9.17) is 5.73 Å². The number of aromatic hydroxyl groups is 1. The number of hydrogen-bond donors (Lipinski definition) is 4. The van der Waals surface area contributed by atoms with Gasteiger partial charge in [-0.15, -0.1) is 0 Å². The summed E-state index contributed by atoms with van der Waals surface area (Å²) in [5.74, 6) is 1.44. The minimum absolute atomic E-state index is 0.0434. The second kappa shape index (κ2) is 4.16. The highest BCUT2D eigenvalue weighted by molar-refractivity contribution is 5.78. The van der Waals surface area contributed by atoms with Crippen LogP contribution in [0.3, 0.4) is 0 Å². The lowest BCUT2D eigenvalue weighted by molar-refractivity contribution is 0.478. The topological polar surface area (TPSA) is 99.9 Å². The number of imidazole rings is 1. The number of phenolic OH excluding ortho intramolecular Hbond substituents is 1. The molecule has 0 bridgehead atoms. The molecule has 6 nitrogen and oxygen atoms in total. The summed E-state index contributed by atoms with van der Waals surface area (Å²) in [6.45, 7) is 0. The number of nitrogens with zero attached hydrogens (tertiary/aromatic N) is 2. The molecule has 5 N–H and O–H groups in total. The van der Waals surface area contributed by atoms with E-state index < -0.39 is 0 Å². The molecular formula is C13H13N5O. The third-order valence-corrected chi connectivity index (χ3v) is 2.91. The monoisotopic (exact) mass is 255 g/mol. The molecule has 0 unspecified atom stereocenters. The third-order valence-electron chi connectivity index (χ3n) is 2.91. The minimum Gasteiger partial charge on any atom is -0.506 e. The van der Waals surface area contributed by atoms with Gasteiger partial charge in [0, 0.05) is 12.6 Å². The van der Waals surface area contributed by atoms with Crippen LogP contribution in [0.2, 0.25) is 0 Å². The fourth-order valence-electron chi connectivity index (χ4n) is 1.86. The quantitative estimate of drug-likeness (QED) is 0.414. The molecule has 0 saturated heterocycles. The lowest BCUT2D eigenvalue weighted by Gasteiger charge is -2.00. The van der Waals surface area contributed by atoms with E-state index >= 15 is 0 Å². The number of nitrogens with one attached hydrogen (secondary N) is 2. The first-order valence-electron chi connectivity index (χ1n) is 5.81. The lowest BCUT2D eigenvalue weighted by atomic mass is 10.2. The van der Waals surface area contributed by atoms with Gasteiger partial charge in [-0.2, -0.15) is 0 Å². The van der Waals surface area contributed by atoms with Gasteiger partial charge < -0.3 is 21.1 Å². The molecule has 0 aliphatic heterocycles. The maximum absolute atomic E-state index is 9.63. The Kier molecular flexibility index (Phi) is 2.49. The Morgan fingerprint density at radius 3 is 2.79 bits per heavy atom. The van der Waals surface area contributed by atoms with Crippen molar-refractivity contribution in [3.63, 3.8) is 0 Å².